The number of carbonyl (C=O) groups is 3. The molecule has 0 aromatic carbocycles. The molecule has 0 saturated heterocycles. The lowest BCUT2D eigenvalue weighted by Gasteiger charge is -2.26. The zero-order valence-electron chi connectivity index (χ0n) is 52.9. The molecule has 0 radical (unpaired) electrons. The third-order valence-corrected chi connectivity index (χ3v) is 14.0. The summed E-state index contributed by atoms with van der Waals surface area (Å²) < 4.78 is 22.8. The molecule has 0 aliphatic rings. The van der Waals surface area contributed by atoms with Crippen LogP contribution in [0.25, 0.3) is 0 Å². The predicted molar refractivity (Wildman–Crippen MR) is 343 cm³/mol. The number of allylic oxidation sites excluding steroid dienone is 18. The van der Waals surface area contributed by atoms with Gasteiger partial charge in [0.15, 0.2) is 12.4 Å². The van der Waals surface area contributed by atoms with Gasteiger partial charge in [-0.3, -0.25) is 9.59 Å². The Kier molecular flexibility index (Phi) is 58.9. The number of nitrogens with zero attached hydrogens (tertiary/aromatic N) is 1. The first-order chi connectivity index (χ1) is 39.6. The normalized spacial score (nSPS) is 13.4. The van der Waals surface area contributed by atoms with Gasteiger partial charge in [0.25, 0.3) is 0 Å². The van der Waals surface area contributed by atoms with Crippen LogP contribution in [-0.2, 0) is 33.3 Å². The molecule has 464 valence electrons. The van der Waals surface area contributed by atoms with E-state index in [0.29, 0.717) is 17.4 Å². The van der Waals surface area contributed by atoms with Gasteiger partial charge >= 0.3 is 11.9 Å². The average Bonchev–Trinajstić information content (AvgIpc) is 3.44. The summed E-state index contributed by atoms with van der Waals surface area (Å²) in [6.07, 6.45) is 82.9. The molecule has 0 rings (SSSR count). The number of likely N-dealkylation sites (N-methyl/N-ethyl adjacent to an activating group) is 1. The number of hydrogen-bond acceptors (Lipinski definition) is 8. The molecule has 0 aliphatic heterocycles. The van der Waals surface area contributed by atoms with E-state index < -0.39 is 24.3 Å². The van der Waals surface area contributed by atoms with Gasteiger partial charge in [0.05, 0.1) is 40.3 Å². The number of carbonyl (C=O) groups excluding carboxylic acids is 3. The van der Waals surface area contributed by atoms with Crippen molar-refractivity contribution in [3.63, 3.8) is 0 Å². The van der Waals surface area contributed by atoms with Gasteiger partial charge in [-0.1, -0.05) is 271 Å². The second-order valence-corrected chi connectivity index (χ2v) is 23.0. The van der Waals surface area contributed by atoms with Gasteiger partial charge in [-0.25, -0.2) is 0 Å². The minimum Gasteiger partial charge on any atom is -0.545 e. The SMILES string of the molecule is CC/C=C\C/C=C\C/C=C\C/C=C\C/C=C\CCCCCCCCCCCCCCCCCC(=O)OC(COC(=O)CCCCCCCCCCCCCC/C=C\C/C=C\C/C=C\C/C=C\CC)COC(OCC[N+](C)(C)C)C(=O)[O-]. The van der Waals surface area contributed by atoms with Crippen molar-refractivity contribution in [3.05, 3.63) is 109 Å². The summed E-state index contributed by atoms with van der Waals surface area (Å²) in [6, 6.07) is 0. The molecular formula is C72H123NO8. The number of quaternary nitrogens is 1. The maximum absolute atomic E-state index is 12.9. The summed E-state index contributed by atoms with van der Waals surface area (Å²) in [7, 11) is 5.93. The highest BCUT2D eigenvalue weighted by atomic mass is 16.7. The van der Waals surface area contributed by atoms with E-state index in [4.69, 9.17) is 18.9 Å². The maximum atomic E-state index is 12.9. The monoisotopic (exact) mass is 1130 g/mol. The lowest BCUT2D eigenvalue weighted by molar-refractivity contribution is -0.870. The van der Waals surface area contributed by atoms with Gasteiger partial charge in [-0.15, -0.1) is 0 Å². The van der Waals surface area contributed by atoms with Crippen molar-refractivity contribution >= 4 is 17.9 Å². The van der Waals surface area contributed by atoms with Crippen molar-refractivity contribution in [1.82, 2.24) is 0 Å². The van der Waals surface area contributed by atoms with Crippen LogP contribution in [-0.4, -0.2) is 82.3 Å². The molecular weight excluding hydrogens is 1010 g/mol. The van der Waals surface area contributed by atoms with Crippen LogP contribution in [0.5, 0.6) is 0 Å². The number of esters is 2. The Morgan fingerprint density at radius 2 is 0.667 bits per heavy atom. The summed E-state index contributed by atoms with van der Waals surface area (Å²) in [6.45, 7) is 4.54. The summed E-state index contributed by atoms with van der Waals surface area (Å²) >= 11 is 0. The lowest BCUT2D eigenvalue weighted by Crippen LogP contribution is -2.44. The van der Waals surface area contributed by atoms with Crippen LogP contribution >= 0.6 is 0 Å². The van der Waals surface area contributed by atoms with Gasteiger partial charge in [0.2, 0.25) is 0 Å². The van der Waals surface area contributed by atoms with E-state index >= 15 is 0 Å². The quantitative estimate of drug-likeness (QED) is 0.0195. The summed E-state index contributed by atoms with van der Waals surface area (Å²) in [5.41, 5.74) is 0. The van der Waals surface area contributed by atoms with Gasteiger partial charge < -0.3 is 33.3 Å². The molecule has 0 aromatic heterocycles. The smallest absolute Gasteiger partial charge is 0.306 e. The summed E-state index contributed by atoms with van der Waals surface area (Å²) in [4.78, 5) is 37.5. The highest BCUT2D eigenvalue weighted by molar-refractivity contribution is 5.70. The van der Waals surface area contributed by atoms with Gasteiger partial charge in [-0.2, -0.15) is 0 Å². The number of unbranched alkanes of at least 4 members (excludes halogenated alkanes) is 27. The highest BCUT2D eigenvalue weighted by Crippen LogP contribution is 2.17. The fourth-order valence-electron chi connectivity index (χ4n) is 9.03. The third kappa shape index (κ3) is 63.4. The average molecular weight is 1130 g/mol. The van der Waals surface area contributed by atoms with E-state index in [1.807, 2.05) is 21.1 Å². The van der Waals surface area contributed by atoms with E-state index in [0.717, 1.165) is 96.3 Å². The van der Waals surface area contributed by atoms with Crippen LogP contribution in [0.3, 0.4) is 0 Å². The van der Waals surface area contributed by atoms with Crippen LogP contribution in [0.4, 0.5) is 0 Å². The highest BCUT2D eigenvalue weighted by Gasteiger charge is 2.22. The summed E-state index contributed by atoms with van der Waals surface area (Å²) in [5, 5.41) is 11.8. The predicted octanol–water partition coefficient (Wildman–Crippen LogP) is 18.9. The Bertz CT molecular complexity index is 1700. The van der Waals surface area contributed by atoms with Gasteiger partial charge in [0, 0.05) is 12.8 Å². The number of aliphatic carboxylic acids is 1. The Morgan fingerprint density at radius 3 is 0.988 bits per heavy atom. The van der Waals surface area contributed by atoms with Crippen molar-refractivity contribution < 1.29 is 42.9 Å². The Morgan fingerprint density at radius 1 is 0.370 bits per heavy atom. The molecule has 0 aromatic rings. The minimum atomic E-state index is -1.63. The van der Waals surface area contributed by atoms with E-state index in [1.54, 1.807) is 0 Å². The van der Waals surface area contributed by atoms with Crippen molar-refractivity contribution in [2.45, 2.75) is 283 Å². The molecule has 0 N–H and O–H groups in total. The molecule has 0 bridgehead atoms. The Hall–Kier alpha value is -4.05. The topological polar surface area (TPSA) is 111 Å². The molecule has 0 fully saturated rings. The standard InChI is InChI=1S/C72H123NO8/c1-6-8-10-12-14-16-18-20-22-24-26-28-30-32-33-34-35-36-37-39-41-43-45-47-49-51-53-55-57-59-61-63-70(75)81-68(67-80-72(71(76)77)78-65-64-73(3,4)5)66-79-69(74)62-60-58-56-54-52-50-48-46-44-42-40-38-31-29-27-25-23-21-19-17-15-13-11-9-7-2/h8-11,14-17,20-23,26-29,32-33,68,72H,6-7,12-13,18-19,24-25,30-31,34-67H2,1-5H3/b10-8-,11-9-,16-14-,17-15-,22-20-,23-21-,28-26-,29-27-,33-32-. The van der Waals surface area contributed by atoms with E-state index in [-0.39, 0.29) is 38.6 Å². The second kappa shape index (κ2) is 62.0. The number of rotatable bonds is 60. The number of ether oxygens (including phenoxy) is 4. The first kappa shape index (κ1) is 77.0. The molecule has 9 heteroatoms. The minimum absolute atomic E-state index is 0.144. The van der Waals surface area contributed by atoms with Crippen molar-refractivity contribution in [2.24, 2.45) is 0 Å². The van der Waals surface area contributed by atoms with Crippen LogP contribution in [0.1, 0.15) is 271 Å². The molecule has 0 amide bonds. The van der Waals surface area contributed by atoms with Crippen molar-refractivity contribution in [2.75, 3.05) is 47.5 Å². The van der Waals surface area contributed by atoms with Gasteiger partial charge in [0.1, 0.15) is 13.2 Å². The van der Waals surface area contributed by atoms with Crippen molar-refractivity contribution in [3.8, 4) is 0 Å². The molecule has 0 aliphatic carbocycles. The molecule has 9 nitrogen and oxygen atoms in total. The zero-order valence-corrected chi connectivity index (χ0v) is 52.9. The third-order valence-electron chi connectivity index (χ3n) is 14.0. The largest absolute Gasteiger partial charge is 0.545 e. The Labute approximate surface area is 498 Å². The summed E-state index contributed by atoms with van der Waals surface area (Å²) in [5.74, 6) is -2.28. The first-order valence-corrected chi connectivity index (χ1v) is 33.0. The molecule has 0 heterocycles. The van der Waals surface area contributed by atoms with Gasteiger partial charge in [-0.05, 0) is 96.3 Å². The molecule has 2 unspecified atom stereocenters. The van der Waals surface area contributed by atoms with E-state index in [2.05, 4.69) is 123 Å². The Balaban J connectivity index is 4.15. The number of carboxylic acids is 1. The van der Waals surface area contributed by atoms with Crippen LogP contribution in [0.15, 0.2) is 109 Å². The van der Waals surface area contributed by atoms with Crippen molar-refractivity contribution in [1.29, 1.82) is 0 Å². The fourth-order valence-corrected chi connectivity index (χ4v) is 9.03. The number of hydrogen-bond donors (Lipinski definition) is 0. The zero-order chi connectivity index (χ0) is 59.1. The van der Waals surface area contributed by atoms with Crippen LogP contribution in [0.2, 0.25) is 0 Å². The van der Waals surface area contributed by atoms with E-state index in [1.165, 1.54) is 141 Å². The molecule has 81 heavy (non-hydrogen) atoms. The number of carboxylic acid groups (broad SMARTS) is 1. The molecule has 0 saturated carbocycles. The fraction of sp³-hybridized carbons (Fsp3) is 0.708. The van der Waals surface area contributed by atoms with Crippen LogP contribution < -0.4 is 5.11 Å². The lowest BCUT2D eigenvalue weighted by atomic mass is 10.0. The molecule has 2 atom stereocenters. The van der Waals surface area contributed by atoms with E-state index in [9.17, 15) is 19.5 Å². The maximum Gasteiger partial charge on any atom is 0.306 e. The first-order valence-electron chi connectivity index (χ1n) is 33.0. The van der Waals surface area contributed by atoms with Crippen LogP contribution in [0, 0.1) is 0 Å². The molecule has 0 spiro atoms. The second-order valence-electron chi connectivity index (χ2n) is 23.0.